The third kappa shape index (κ3) is 4.89. The van der Waals surface area contributed by atoms with Gasteiger partial charge >= 0.3 is 12.2 Å². The average molecular weight is 535 g/mol. The number of likely N-dealkylation sites (tertiary alicyclic amines) is 1. The first-order valence-corrected chi connectivity index (χ1v) is 12.9. The van der Waals surface area contributed by atoms with Crippen molar-refractivity contribution in [3.8, 4) is 11.1 Å². The molecule has 5 rings (SSSR count). The number of halogens is 1. The number of cyclic esters (lactones) is 1. The van der Waals surface area contributed by atoms with Crippen molar-refractivity contribution in [2.45, 2.75) is 44.9 Å². The molecular formula is C29H31FN4O5. The Labute approximate surface area is 226 Å². The summed E-state index contributed by atoms with van der Waals surface area (Å²) >= 11 is 0. The fourth-order valence-corrected chi connectivity index (χ4v) is 5.65. The van der Waals surface area contributed by atoms with Gasteiger partial charge in [0.1, 0.15) is 17.5 Å². The minimum absolute atomic E-state index is 0.128. The number of amides is 3. The predicted molar refractivity (Wildman–Crippen MR) is 141 cm³/mol. The van der Waals surface area contributed by atoms with E-state index in [9.17, 15) is 14.4 Å². The Balaban J connectivity index is 1.27. The van der Waals surface area contributed by atoms with Crippen LogP contribution in [0.4, 0.5) is 19.7 Å². The van der Waals surface area contributed by atoms with E-state index in [0.717, 1.165) is 5.56 Å². The molecule has 3 amide bonds. The summed E-state index contributed by atoms with van der Waals surface area (Å²) in [6.07, 6.45) is -1.33. The number of anilines is 1. The van der Waals surface area contributed by atoms with Crippen molar-refractivity contribution in [2.75, 3.05) is 31.1 Å². The Bertz CT molecular complexity index is 1350. The van der Waals surface area contributed by atoms with Gasteiger partial charge in [0.05, 0.1) is 30.5 Å². The monoisotopic (exact) mass is 534 g/mol. The average Bonchev–Trinajstić information content (AvgIpc) is 3.15. The van der Waals surface area contributed by atoms with Crippen LogP contribution in [0.3, 0.4) is 0 Å². The van der Waals surface area contributed by atoms with Crippen molar-refractivity contribution in [1.29, 1.82) is 0 Å². The van der Waals surface area contributed by atoms with Gasteiger partial charge in [-0.1, -0.05) is 18.2 Å². The first-order valence-electron chi connectivity index (χ1n) is 12.9. The molecule has 3 aliphatic rings. The summed E-state index contributed by atoms with van der Waals surface area (Å²) < 4.78 is 26.2. The molecule has 39 heavy (non-hydrogen) atoms. The number of ether oxygens (including phenoxy) is 2. The summed E-state index contributed by atoms with van der Waals surface area (Å²) in [5.41, 5.74) is 0.844. The van der Waals surface area contributed by atoms with Crippen molar-refractivity contribution in [3.63, 3.8) is 0 Å². The van der Waals surface area contributed by atoms with Gasteiger partial charge in [0.15, 0.2) is 0 Å². The predicted octanol–water partition coefficient (Wildman–Crippen LogP) is 4.57. The van der Waals surface area contributed by atoms with E-state index in [-0.39, 0.29) is 24.3 Å². The minimum Gasteiger partial charge on any atom is -0.444 e. The number of carbonyl (C=O) groups is 3. The number of rotatable bonds is 5. The Kier molecular flexibility index (Phi) is 6.49. The van der Waals surface area contributed by atoms with Crippen LogP contribution in [0.15, 0.2) is 42.5 Å². The van der Waals surface area contributed by atoms with E-state index in [1.54, 1.807) is 41.3 Å². The molecule has 1 unspecified atom stereocenters. The van der Waals surface area contributed by atoms with E-state index in [1.165, 1.54) is 17.9 Å². The number of fused-ring (bicyclic) bond motifs is 1. The van der Waals surface area contributed by atoms with Gasteiger partial charge in [-0.15, -0.1) is 0 Å². The first kappa shape index (κ1) is 26.5. The lowest BCUT2D eigenvalue weighted by Gasteiger charge is -2.26. The molecule has 0 spiro atoms. The van der Waals surface area contributed by atoms with Gasteiger partial charge in [0, 0.05) is 25.7 Å². The first-order chi connectivity index (χ1) is 18.4. The summed E-state index contributed by atoms with van der Waals surface area (Å²) in [4.78, 5) is 42.8. The molecular weight excluding hydrogens is 503 g/mol. The quantitative estimate of drug-likeness (QED) is 0.568. The summed E-state index contributed by atoms with van der Waals surface area (Å²) in [5.74, 6) is -0.898. The van der Waals surface area contributed by atoms with Gasteiger partial charge in [0.2, 0.25) is 5.91 Å². The lowest BCUT2D eigenvalue weighted by atomic mass is 9.95. The van der Waals surface area contributed by atoms with Gasteiger partial charge in [-0.25, -0.2) is 20.6 Å². The van der Waals surface area contributed by atoms with Crippen molar-refractivity contribution in [1.82, 2.24) is 10.2 Å². The van der Waals surface area contributed by atoms with Crippen LogP contribution in [-0.2, 0) is 19.8 Å². The summed E-state index contributed by atoms with van der Waals surface area (Å²) in [6.45, 7) is 16.0. The maximum atomic E-state index is 15.4. The van der Waals surface area contributed by atoms with Gasteiger partial charge in [-0.05, 0) is 56.2 Å². The molecule has 4 atom stereocenters. The van der Waals surface area contributed by atoms with E-state index in [2.05, 4.69) is 10.2 Å². The van der Waals surface area contributed by atoms with Gasteiger partial charge in [-0.2, -0.15) is 0 Å². The fourth-order valence-electron chi connectivity index (χ4n) is 5.65. The molecule has 1 saturated carbocycles. The lowest BCUT2D eigenvalue weighted by molar-refractivity contribution is -0.119. The maximum absolute atomic E-state index is 15.4. The lowest BCUT2D eigenvalue weighted by Crippen LogP contribution is -2.38. The summed E-state index contributed by atoms with van der Waals surface area (Å²) in [6, 6.07) is 12.0. The van der Waals surface area contributed by atoms with E-state index in [0.29, 0.717) is 36.4 Å². The standard InChI is InChI=1S/C29H31FN4O5/c1-17(35)32-13-21-14-34(27(37)38-21)20-9-6-18(7-10-20)19-8-11-22(25(30)12-19)29(31-5)23-15-33(16-24(23)29)26(36)39-28(2,3)4/h6-12,21,23-24H,13-16H2,1-4H3,(H,32,35)/t21-,23-,24+,29?/m0/s1. The van der Waals surface area contributed by atoms with Crippen molar-refractivity contribution in [2.24, 2.45) is 11.8 Å². The second kappa shape index (κ2) is 9.56. The number of benzene rings is 2. The maximum Gasteiger partial charge on any atom is 0.414 e. The van der Waals surface area contributed by atoms with Crippen LogP contribution in [0.2, 0.25) is 0 Å². The van der Waals surface area contributed by atoms with Crippen molar-refractivity contribution < 1.29 is 28.2 Å². The highest BCUT2D eigenvalue weighted by atomic mass is 19.1. The summed E-state index contributed by atoms with van der Waals surface area (Å²) in [5, 5.41) is 2.65. The summed E-state index contributed by atoms with van der Waals surface area (Å²) in [7, 11) is 0. The van der Waals surface area contributed by atoms with Gasteiger partial charge in [-0.3, -0.25) is 9.69 Å². The zero-order valence-corrected chi connectivity index (χ0v) is 22.4. The SMILES string of the molecule is [C-]#[N+]C1(c2ccc(-c3ccc(N4C[C@H](CNC(C)=O)OC4=O)cc3)cc2F)[C@@H]2CN(C(=O)OC(C)(C)C)C[C@@H]21. The molecule has 2 aromatic carbocycles. The van der Waals surface area contributed by atoms with Crippen molar-refractivity contribution in [3.05, 3.63) is 65.3 Å². The smallest absolute Gasteiger partial charge is 0.414 e. The number of nitrogens with one attached hydrogen (secondary N) is 1. The molecule has 0 bridgehead atoms. The number of piperidine rings is 1. The molecule has 2 aliphatic heterocycles. The van der Waals surface area contributed by atoms with Crippen LogP contribution >= 0.6 is 0 Å². The minimum atomic E-state index is -0.963. The van der Waals surface area contributed by atoms with Crippen LogP contribution in [0, 0.1) is 24.2 Å². The van der Waals surface area contributed by atoms with Crippen molar-refractivity contribution >= 4 is 23.8 Å². The number of hydrogen-bond donors (Lipinski definition) is 1. The molecule has 2 saturated heterocycles. The highest BCUT2D eigenvalue weighted by Crippen LogP contribution is 2.65. The van der Waals surface area contributed by atoms with Crippen LogP contribution in [-0.4, -0.2) is 60.9 Å². The highest BCUT2D eigenvalue weighted by molar-refractivity contribution is 5.90. The Morgan fingerprint density at radius 1 is 1.13 bits per heavy atom. The van der Waals surface area contributed by atoms with E-state index < -0.39 is 35.2 Å². The van der Waals surface area contributed by atoms with Crippen LogP contribution in [0.25, 0.3) is 16.0 Å². The molecule has 9 nitrogen and oxygen atoms in total. The zero-order chi connectivity index (χ0) is 28.1. The van der Waals surface area contributed by atoms with Gasteiger partial charge in [0.25, 0.3) is 5.54 Å². The largest absolute Gasteiger partial charge is 0.444 e. The van der Waals surface area contributed by atoms with E-state index in [1.807, 2.05) is 20.8 Å². The molecule has 204 valence electrons. The van der Waals surface area contributed by atoms with Gasteiger partial charge < -0.3 is 24.5 Å². The Morgan fingerprint density at radius 3 is 2.33 bits per heavy atom. The third-order valence-electron chi connectivity index (χ3n) is 7.54. The second-order valence-electron chi connectivity index (χ2n) is 11.3. The van der Waals surface area contributed by atoms with Crippen LogP contribution in [0.1, 0.15) is 33.3 Å². The second-order valence-corrected chi connectivity index (χ2v) is 11.3. The molecule has 1 aliphatic carbocycles. The van der Waals surface area contributed by atoms with E-state index >= 15 is 4.39 Å². The Morgan fingerprint density at radius 2 is 1.77 bits per heavy atom. The molecule has 0 radical (unpaired) electrons. The molecule has 10 heteroatoms. The molecule has 2 aromatic rings. The fraction of sp³-hybridized carbons (Fsp3) is 0.448. The topological polar surface area (TPSA) is 92.5 Å². The molecule has 1 N–H and O–H groups in total. The third-order valence-corrected chi connectivity index (χ3v) is 7.54. The number of carbonyl (C=O) groups excluding carboxylic acids is 3. The molecule has 2 heterocycles. The Hall–Kier alpha value is -4.13. The molecule has 0 aromatic heterocycles. The zero-order valence-electron chi connectivity index (χ0n) is 22.4. The van der Waals surface area contributed by atoms with Crippen LogP contribution < -0.4 is 10.2 Å². The number of nitrogens with zero attached hydrogens (tertiary/aromatic N) is 3. The highest BCUT2D eigenvalue weighted by Gasteiger charge is 2.78. The normalized spacial score (nSPS) is 25.5. The number of hydrogen-bond acceptors (Lipinski definition) is 5. The van der Waals surface area contributed by atoms with Crippen LogP contribution in [0.5, 0.6) is 0 Å². The molecule has 3 fully saturated rings. The van der Waals surface area contributed by atoms with E-state index in [4.69, 9.17) is 16.0 Å².